The summed E-state index contributed by atoms with van der Waals surface area (Å²) in [6.07, 6.45) is 0.151. The van der Waals surface area contributed by atoms with Crippen LogP contribution in [0.5, 0.6) is 0 Å². The van der Waals surface area contributed by atoms with E-state index in [1.54, 1.807) is 45.0 Å². The van der Waals surface area contributed by atoms with Crippen LogP contribution in [0.1, 0.15) is 35.2 Å². The molecule has 26 heavy (non-hydrogen) atoms. The number of fused-ring (bicyclic) bond motifs is 1. The van der Waals surface area contributed by atoms with Gasteiger partial charge in [0.2, 0.25) is 5.91 Å². The van der Waals surface area contributed by atoms with E-state index < -0.39 is 18.5 Å². The Hall–Kier alpha value is -3.16. The number of aryl methyl sites for hydroxylation is 2. The zero-order valence-electron chi connectivity index (χ0n) is 14.7. The number of amides is 2. The molecule has 1 N–H and O–H groups in total. The van der Waals surface area contributed by atoms with E-state index in [0.29, 0.717) is 22.8 Å². The zero-order chi connectivity index (χ0) is 18.8. The number of hydrogen-bond acceptors (Lipinski definition) is 6. The third-order valence-corrected chi connectivity index (χ3v) is 4.19. The SMILES string of the molecule is Cc1noc(C)c1C(=O)OCC(=O)N1c2ccccc2NC(=O)CC1C. The van der Waals surface area contributed by atoms with Crippen LogP contribution in [0.4, 0.5) is 11.4 Å². The molecule has 1 aliphatic heterocycles. The molecule has 0 spiro atoms. The Morgan fingerprint density at radius 1 is 1.35 bits per heavy atom. The molecule has 0 fully saturated rings. The Morgan fingerprint density at radius 3 is 2.77 bits per heavy atom. The van der Waals surface area contributed by atoms with Crippen molar-refractivity contribution in [1.82, 2.24) is 5.16 Å². The summed E-state index contributed by atoms with van der Waals surface area (Å²) in [5.41, 5.74) is 1.75. The molecule has 1 aromatic carbocycles. The van der Waals surface area contributed by atoms with E-state index in [2.05, 4.69) is 10.5 Å². The van der Waals surface area contributed by atoms with Crippen molar-refractivity contribution >= 4 is 29.2 Å². The maximum atomic E-state index is 12.7. The number of carbonyl (C=O) groups excluding carboxylic acids is 3. The number of aromatic nitrogens is 1. The van der Waals surface area contributed by atoms with Gasteiger partial charge in [-0.25, -0.2) is 4.79 Å². The van der Waals surface area contributed by atoms with Crippen molar-refractivity contribution in [2.75, 3.05) is 16.8 Å². The van der Waals surface area contributed by atoms with Gasteiger partial charge in [-0.3, -0.25) is 9.59 Å². The molecule has 1 atom stereocenters. The molecule has 2 aromatic rings. The van der Waals surface area contributed by atoms with Crippen molar-refractivity contribution < 1.29 is 23.6 Å². The molecular weight excluding hydrogens is 338 g/mol. The highest BCUT2D eigenvalue weighted by Crippen LogP contribution is 2.31. The molecule has 0 saturated heterocycles. The molecule has 8 nitrogen and oxygen atoms in total. The van der Waals surface area contributed by atoms with Gasteiger partial charge in [0.05, 0.1) is 17.1 Å². The van der Waals surface area contributed by atoms with E-state index in [9.17, 15) is 14.4 Å². The lowest BCUT2D eigenvalue weighted by Crippen LogP contribution is -2.41. The lowest BCUT2D eigenvalue weighted by Gasteiger charge is -2.27. The molecule has 3 rings (SSSR count). The first-order chi connectivity index (χ1) is 12.4. The molecule has 2 heterocycles. The highest BCUT2D eigenvalue weighted by Gasteiger charge is 2.30. The molecule has 1 aromatic heterocycles. The zero-order valence-corrected chi connectivity index (χ0v) is 14.7. The van der Waals surface area contributed by atoms with Crippen LogP contribution >= 0.6 is 0 Å². The monoisotopic (exact) mass is 357 g/mol. The summed E-state index contributed by atoms with van der Waals surface area (Å²) in [5.74, 6) is -0.919. The lowest BCUT2D eigenvalue weighted by molar-refractivity contribution is -0.122. The Balaban J connectivity index is 1.78. The summed E-state index contributed by atoms with van der Waals surface area (Å²) < 4.78 is 10.1. The Kier molecular flexibility index (Phi) is 4.75. The number of para-hydroxylation sites is 2. The first kappa shape index (κ1) is 17.7. The number of nitrogens with one attached hydrogen (secondary N) is 1. The number of esters is 1. The van der Waals surface area contributed by atoms with Crippen LogP contribution < -0.4 is 10.2 Å². The van der Waals surface area contributed by atoms with Gasteiger partial charge >= 0.3 is 5.97 Å². The minimum atomic E-state index is -0.667. The second kappa shape index (κ2) is 6.99. The molecule has 0 aliphatic carbocycles. The second-order valence-electron chi connectivity index (χ2n) is 6.16. The third-order valence-electron chi connectivity index (χ3n) is 4.19. The van der Waals surface area contributed by atoms with Crippen LogP contribution in [0, 0.1) is 13.8 Å². The Morgan fingerprint density at radius 2 is 2.08 bits per heavy atom. The van der Waals surface area contributed by atoms with E-state index in [0.717, 1.165) is 0 Å². The number of hydrogen-bond donors (Lipinski definition) is 1. The molecule has 0 saturated carbocycles. The van der Waals surface area contributed by atoms with Crippen LogP contribution in [0.25, 0.3) is 0 Å². The molecule has 2 amide bonds. The largest absolute Gasteiger partial charge is 0.452 e. The van der Waals surface area contributed by atoms with Gasteiger partial charge < -0.3 is 19.5 Å². The van der Waals surface area contributed by atoms with Crippen LogP contribution in [-0.2, 0) is 14.3 Å². The predicted molar refractivity (Wildman–Crippen MR) is 92.9 cm³/mol. The van der Waals surface area contributed by atoms with E-state index in [-0.39, 0.29) is 23.9 Å². The van der Waals surface area contributed by atoms with Gasteiger partial charge in [-0.1, -0.05) is 17.3 Å². The summed E-state index contributed by atoms with van der Waals surface area (Å²) in [5, 5.41) is 6.48. The topological polar surface area (TPSA) is 102 Å². The number of carbonyl (C=O) groups is 3. The predicted octanol–water partition coefficient (Wildman–Crippen LogP) is 2.21. The fourth-order valence-electron chi connectivity index (χ4n) is 3.01. The smallest absolute Gasteiger partial charge is 0.344 e. The second-order valence-corrected chi connectivity index (χ2v) is 6.16. The van der Waals surface area contributed by atoms with Gasteiger partial charge in [0.25, 0.3) is 5.91 Å². The standard InChI is InChI=1S/C18H19N3O5/c1-10-8-15(22)19-13-6-4-5-7-14(13)21(10)16(23)9-25-18(24)17-11(2)20-26-12(17)3/h4-7,10H,8-9H2,1-3H3,(H,19,22). The molecule has 1 unspecified atom stereocenters. The molecule has 136 valence electrons. The van der Waals surface area contributed by atoms with Gasteiger partial charge in [0.15, 0.2) is 6.61 Å². The molecular formula is C18H19N3O5. The van der Waals surface area contributed by atoms with E-state index in [1.165, 1.54) is 4.90 Å². The summed E-state index contributed by atoms with van der Waals surface area (Å²) in [4.78, 5) is 38.4. The van der Waals surface area contributed by atoms with Crippen molar-refractivity contribution in [2.45, 2.75) is 33.2 Å². The van der Waals surface area contributed by atoms with Crippen LogP contribution in [0.15, 0.2) is 28.8 Å². The quantitative estimate of drug-likeness (QED) is 0.845. The van der Waals surface area contributed by atoms with Crippen molar-refractivity contribution in [3.8, 4) is 0 Å². The van der Waals surface area contributed by atoms with Crippen molar-refractivity contribution in [3.05, 3.63) is 41.3 Å². The lowest BCUT2D eigenvalue weighted by atomic mass is 10.1. The van der Waals surface area contributed by atoms with E-state index in [4.69, 9.17) is 9.26 Å². The minimum Gasteiger partial charge on any atom is -0.452 e. The van der Waals surface area contributed by atoms with Gasteiger partial charge in [0.1, 0.15) is 11.3 Å². The van der Waals surface area contributed by atoms with Crippen molar-refractivity contribution in [2.24, 2.45) is 0 Å². The number of ether oxygens (including phenoxy) is 1. The number of anilines is 2. The molecule has 0 bridgehead atoms. The fourth-order valence-corrected chi connectivity index (χ4v) is 3.01. The Bertz CT molecular complexity index is 854. The van der Waals surface area contributed by atoms with Crippen molar-refractivity contribution in [3.63, 3.8) is 0 Å². The van der Waals surface area contributed by atoms with Crippen molar-refractivity contribution in [1.29, 1.82) is 0 Å². The number of nitrogens with zero attached hydrogens (tertiary/aromatic N) is 2. The first-order valence-electron chi connectivity index (χ1n) is 8.19. The normalized spacial score (nSPS) is 16.5. The number of benzene rings is 1. The van der Waals surface area contributed by atoms with Gasteiger partial charge in [-0.05, 0) is 32.9 Å². The van der Waals surface area contributed by atoms with Gasteiger partial charge in [-0.15, -0.1) is 0 Å². The maximum Gasteiger partial charge on any atom is 0.344 e. The first-order valence-corrected chi connectivity index (χ1v) is 8.19. The molecule has 8 heteroatoms. The highest BCUT2D eigenvalue weighted by atomic mass is 16.5. The summed E-state index contributed by atoms with van der Waals surface area (Å²) in [6.45, 7) is 4.55. The average Bonchev–Trinajstić information content (AvgIpc) is 2.85. The van der Waals surface area contributed by atoms with Crippen LogP contribution in [-0.4, -0.2) is 35.6 Å². The minimum absolute atomic E-state index is 0.151. The third kappa shape index (κ3) is 3.30. The van der Waals surface area contributed by atoms with Crippen LogP contribution in [0.3, 0.4) is 0 Å². The van der Waals surface area contributed by atoms with Gasteiger partial charge in [-0.2, -0.15) is 0 Å². The Labute approximate surface area is 150 Å². The van der Waals surface area contributed by atoms with E-state index in [1.807, 2.05) is 0 Å². The summed E-state index contributed by atoms with van der Waals surface area (Å²) in [7, 11) is 0. The highest BCUT2D eigenvalue weighted by molar-refractivity contribution is 6.05. The summed E-state index contributed by atoms with van der Waals surface area (Å²) in [6, 6.07) is 6.64. The number of rotatable bonds is 3. The maximum absolute atomic E-state index is 12.7. The summed E-state index contributed by atoms with van der Waals surface area (Å²) >= 11 is 0. The van der Waals surface area contributed by atoms with Crippen LogP contribution in [0.2, 0.25) is 0 Å². The van der Waals surface area contributed by atoms with E-state index >= 15 is 0 Å². The fraction of sp³-hybridized carbons (Fsp3) is 0.333. The molecule has 1 aliphatic rings. The average molecular weight is 357 g/mol. The molecule has 0 radical (unpaired) electrons. The van der Waals surface area contributed by atoms with Gasteiger partial charge in [0, 0.05) is 12.5 Å².